The summed E-state index contributed by atoms with van der Waals surface area (Å²) in [5.74, 6) is 1.36. The zero-order valence-corrected chi connectivity index (χ0v) is 23.1. The zero-order valence-electron chi connectivity index (χ0n) is 21.5. The lowest BCUT2D eigenvalue weighted by Gasteiger charge is -2.32. The molecular weight excluding hydrogens is 496 g/mol. The van der Waals surface area contributed by atoms with Crippen molar-refractivity contribution >= 4 is 20.0 Å². The molecule has 2 aromatic carbocycles. The molecule has 1 aliphatic rings. The molecule has 0 aliphatic heterocycles. The van der Waals surface area contributed by atoms with Gasteiger partial charge in [-0.15, -0.1) is 0 Å². The van der Waals surface area contributed by atoms with Crippen molar-refractivity contribution in [2.75, 3.05) is 13.1 Å². The van der Waals surface area contributed by atoms with Crippen molar-refractivity contribution < 1.29 is 21.9 Å². The Kier molecular flexibility index (Phi) is 9.97. The number of hydrogen-bond donors (Lipinski definition) is 3. The minimum absolute atomic E-state index is 0.113. The van der Waals surface area contributed by atoms with Crippen LogP contribution < -0.4 is 9.44 Å². The second-order valence-electron chi connectivity index (χ2n) is 10.3. The van der Waals surface area contributed by atoms with Crippen LogP contribution >= 0.6 is 0 Å². The van der Waals surface area contributed by atoms with Gasteiger partial charge in [0.15, 0.2) is 0 Å². The first-order chi connectivity index (χ1) is 16.9. The van der Waals surface area contributed by atoms with E-state index in [1.165, 1.54) is 17.7 Å². The van der Waals surface area contributed by atoms with E-state index in [2.05, 4.69) is 40.6 Å². The Bertz CT molecular complexity index is 1170. The van der Waals surface area contributed by atoms with Crippen molar-refractivity contribution in [1.29, 1.82) is 0 Å². The van der Waals surface area contributed by atoms with Crippen LogP contribution in [0.4, 0.5) is 0 Å². The maximum atomic E-state index is 12.3. The molecule has 2 aromatic rings. The van der Waals surface area contributed by atoms with E-state index in [0.717, 1.165) is 31.2 Å². The number of benzene rings is 2. The van der Waals surface area contributed by atoms with Gasteiger partial charge in [0.1, 0.15) is 5.75 Å². The van der Waals surface area contributed by atoms with E-state index >= 15 is 0 Å². The molecule has 0 amide bonds. The lowest BCUT2D eigenvalue weighted by atomic mass is 9.74. The predicted molar refractivity (Wildman–Crippen MR) is 145 cm³/mol. The van der Waals surface area contributed by atoms with Crippen molar-refractivity contribution in [3.05, 3.63) is 65.2 Å². The number of phenolic OH excluding ortho intramolecular Hbond substituents is 1. The second kappa shape index (κ2) is 12.5. The van der Waals surface area contributed by atoms with E-state index in [1.807, 2.05) is 0 Å². The van der Waals surface area contributed by atoms with E-state index in [4.69, 9.17) is 0 Å². The van der Waals surface area contributed by atoms with E-state index in [9.17, 15) is 21.9 Å². The maximum absolute atomic E-state index is 12.3. The summed E-state index contributed by atoms with van der Waals surface area (Å²) in [7, 11) is -6.66. The van der Waals surface area contributed by atoms with Crippen LogP contribution in [0.3, 0.4) is 0 Å². The minimum Gasteiger partial charge on any atom is -0.508 e. The molecule has 1 saturated carbocycles. The van der Waals surface area contributed by atoms with Crippen molar-refractivity contribution in [2.24, 2.45) is 11.8 Å². The molecule has 1 fully saturated rings. The first-order valence-electron chi connectivity index (χ1n) is 12.8. The summed E-state index contributed by atoms with van der Waals surface area (Å²) in [6.45, 7) is 6.37. The highest BCUT2D eigenvalue weighted by atomic mass is 32.2. The van der Waals surface area contributed by atoms with Gasteiger partial charge in [0, 0.05) is 13.1 Å². The fourth-order valence-electron chi connectivity index (χ4n) is 4.77. The van der Waals surface area contributed by atoms with Crippen molar-refractivity contribution in [1.82, 2.24) is 9.44 Å². The van der Waals surface area contributed by atoms with E-state index < -0.39 is 25.3 Å². The Balaban J connectivity index is 1.42. The van der Waals surface area contributed by atoms with Gasteiger partial charge in [-0.3, -0.25) is 0 Å². The SMILES string of the molecule is CC(CNS(=O)(=O)C(C)C)C1CCC(c2ccc(CCNS(=O)(=O)Cc3ccc(O)cc3)cc2)CC1. The standard InChI is InChI=1S/C27H40N2O5S2/c1-20(2)36(33,34)29-18-21(3)24-10-12-26(13-11-24)25-8-4-22(5-9-25)16-17-28-35(31,32)19-23-6-14-27(30)15-7-23/h4-9,14-15,20-21,24,26,28-30H,10-13,16-19H2,1-3H3. The highest BCUT2D eigenvalue weighted by Crippen LogP contribution is 2.38. The third-order valence-electron chi connectivity index (χ3n) is 7.28. The fourth-order valence-corrected chi connectivity index (χ4v) is 6.75. The zero-order chi connectivity index (χ0) is 26.3. The summed E-state index contributed by atoms with van der Waals surface area (Å²) in [5, 5.41) is 8.92. The fraction of sp³-hybridized carbons (Fsp3) is 0.556. The third-order valence-corrected chi connectivity index (χ3v) is 10.5. The summed E-state index contributed by atoms with van der Waals surface area (Å²) in [6, 6.07) is 14.7. The summed E-state index contributed by atoms with van der Waals surface area (Å²) in [5.41, 5.74) is 3.04. The normalized spacial score (nSPS) is 19.9. The molecule has 1 unspecified atom stereocenters. The Morgan fingerprint density at radius 1 is 0.833 bits per heavy atom. The largest absolute Gasteiger partial charge is 0.508 e. The number of nitrogens with one attached hydrogen (secondary N) is 2. The number of phenols is 1. The van der Waals surface area contributed by atoms with Crippen LogP contribution in [0.15, 0.2) is 48.5 Å². The Morgan fingerprint density at radius 3 is 2.00 bits per heavy atom. The molecule has 9 heteroatoms. The van der Waals surface area contributed by atoms with Gasteiger partial charge in [-0.05, 0) is 92.5 Å². The van der Waals surface area contributed by atoms with Crippen LogP contribution in [-0.4, -0.2) is 40.3 Å². The lowest BCUT2D eigenvalue weighted by molar-refractivity contribution is 0.246. The van der Waals surface area contributed by atoms with Crippen molar-refractivity contribution in [2.45, 2.75) is 69.8 Å². The van der Waals surface area contributed by atoms with Crippen LogP contribution in [0.1, 0.15) is 69.1 Å². The molecule has 1 aliphatic carbocycles. The van der Waals surface area contributed by atoms with Gasteiger partial charge in [-0.25, -0.2) is 26.3 Å². The second-order valence-corrected chi connectivity index (χ2v) is 14.5. The van der Waals surface area contributed by atoms with Crippen molar-refractivity contribution in [3.8, 4) is 5.75 Å². The highest BCUT2D eigenvalue weighted by Gasteiger charge is 2.27. The molecule has 0 spiro atoms. The number of aromatic hydroxyl groups is 1. The average molecular weight is 537 g/mol. The Labute approximate surface area is 216 Å². The van der Waals surface area contributed by atoms with Gasteiger partial charge >= 0.3 is 0 Å². The lowest BCUT2D eigenvalue weighted by Crippen LogP contribution is -2.36. The number of hydrogen-bond acceptors (Lipinski definition) is 5. The van der Waals surface area contributed by atoms with E-state index in [1.54, 1.807) is 26.0 Å². The molecule has 7 nitrogen and oxygen atoms in total. The van der Waals surface area contributed by atoms with Gasteiger partial charge in [0.25, 0.3) is 0 Å². The minimum atomic E-state index is -3.44. The highest BCUT2D eigenvalue weighted by molar-refractivity contribution is 7.90. The molecule has 0 radical (unpaired) electrons. The molecule has 0 bridgehead atoms. The van der Waals surface area contributed by atoms with Crippen LogP contribution in [0.2, 0.25) is 0 Å². The Hall–Kier alpha value is -1.94. The first kappa shape index (κ1) is 28.6. The Morgan fingerprint density at radius 2 is 1.42 bits per heavy atom. The average Bonchev–Trinajstić information content (AvgIpc) is 2.84. The van der Waals surface area contributed by atoms with E-state index in [0.29, 0.717) is 42.8 Å². The molecular formula is C27H40N2O5S2. The maximum Gasteiger partial charge on any atom is 0.215 e. The van der Waals surface area contributed by atoms with Gasteiger partial charge < -0.3 is 5.11 Å². The number of rotatable bonds is 12. The van der Waals surface area contributed by atoms with Gasteiger partial charge in [0.05, 0.1) is 11.0 Å². The molecule has 0 aromatic heterocycles. The van der Waals surface area contributed by atoms with Gasteiger partial charge in [0.2, 0.25) is 20.0 Å². The monoisotopic (exact) mass is 536 g/mol. The molecule has 200 valence electrons. The van der Waals surface area contributed by atoms with Crippen molar-refractivity contribution in [3.63, 3.8) is 0 Å². The third kappa shape index (κ3) is 8.57. The molecule has 3 N–H and O–H groups in total. The van der Waals surface area contributed by atoms with Crippen LogP contribution in [0, 0.1) is 11.8 Å². The topological polar surface area (TPSA) is 113 Å². The first-order valence-corrected chi connectivity index (χ1v) is 16.0. The summed E-state index contributed by atoms with van der Waals surface area (Å²) >= 11 is 0. The van der Waals surface area contributed by atoms with Crippen LogP contribution in [0.25, 0.3) is 0 Å². The molecule has 3 rings (SSSR count). The quantitative estimate of drug-likeness (QED) is 0.375. The summed E-state index contributed by atoms with van der Waals surface area (Å²) < 4.78 is 54.1. The summed E-state index contributed by atoms with van der Waals surface area (Å²) in [6.07, 6.45) is 5.01. The molecule has 1 atom stereocenters. The summed E-state index contributed by atoms with van der Waals surface area (Å²) in [4.78, 5) is 0. The number of sulfonamides is 2. The van der Waals surface area contributed by atoms with Gasteiger partial charge in [-0.2, -0.15) is 0 Å². The predicted octanol–water partition coefficient (Wildman–Crippen LogP) is 4.29. The van der Waals surface area contributed by atoms with Crippen LogP contribution in [0.5, 0.6) is 5.75 Å². The van der Waals surface area contributed by atoms with E-state index in [-0.39, 0.29) is 11.5 Å². The van der Waals surface area contributed by atoms with Gasteiger partial charge in [-0.1, -0.05) is 43.3 Å². The molecule has 0 heterocycles. The smallest absolute Gasteiger partial charge is 0.215 e. The molecule has 36 heavy (non-hydrogen) atoms. The molecule has 0 saturated heterocycles. The van der Waals surface area contributed by atoms with Crippen LogP contribution in [-0.2, 0) is 32.2 Å².